The van der Waals surface area contributed by atoms with Crippen LogP contribution in [-0.4, -0.2) is 67.3 Å². The van der Waals surface area contributed by atoms with Crippen molar-refractivity contribution in [3.8, 4) is 5.88 Å². The number of anilines is 1. The molecule has 1 unspecified atom stereocenters. The molecule has 0 aliphatic carbocycles. The van der Waals surface area contributed by atoms with Gasteiger partial charge in [0, 0.05) is 39.4 Å². The van der Waals surface area contributed by atoms with E-state index in [0.717, 1.165) is 56.7 Å². The molecular weight excluding hydrogens is 344 g/mol. The molecule has 0 radical (unpaired) electrons. The Morgan fingerprint density at radius 3 is 2.59 bits per heavy atom. The number of hydrogen-bond acceptors (Lipinski definition) is 6. The molecule has 0 N–H and O–H groups in total. The van der Waals surface area contributed by atoms with E-state index in [1.165, 1.54) is 19.3 Å². The second-order valence-electron chi connectivity index (χ2n) is 7.48. The maximum absolute atomic E-state index is 12.0. The minimum absolute atomic E-state index is 0.122. The summed E-state index contributed by atoms with van der Waals surface area (Å²) in [6.07, 6.45) is 7.45. The number of methoxy groups -OCH3 is 1. The zero-order valence-corrected chi connectivity index (χ0v) is 16.6. The Labute approximate surface area is 162 Å². The number of likely N-dealkylation sites (tertiary alicyclic amines) is 1. The lowest BCUT2D eigenvalue weighted by atomic mass is 9.80. The van der Waals surface area contributed by atoms with Gasteiger partial charge in [0.15, 0.2) is 0 Å². The maximum atomic E-state index is 12.0. The third kappa shape index (κ3) is 5.31. The molecule has 7 nitrogen and oxygen atoms in total. The van der Waals surface area contributed by atoms with Gasteiger partial charge < -0.3 is 19.3 Å². The molecule has 1 aromatic rings. The van der Waals surface area contributed by atoms with E-state index < -0.39 is 0 Å². The molecule has 0 spiro atoms. The van der Waals surface area contributed by atoms with Gasteiger partial charge in [0.25, 0.3) is 0 Å². The fourth-order valence-electron chi connectivity index (χ4n) is 4.39. The molecule has 1 atom stereocenters. The number of hydrogen-bond donors (Lipinski definition) is 0. The Hall–Kier alpha value is -1.89. The van der Waals surface area contributed by atoms with Crippen LogP contribution in [0.25, 0.3) is 0 Å². The van der Waals surface area contributed by atoms with Gasteiger partial charge in [-0.05, 0) is 50.9 Å². The molecule has 2 saturated heterocycles. The number of aromatic nitrogens is 2. The highest BCUT2D eigenvalue weighted by Gasteiger charge is 2.30. The summed E-state index contributed by atoms with van der Waals surface area (Å²) in [5, 5.41) is 0. The van der Waals surface area contributed by atoms with Crippen LogP contribution in [0.15, 0.2) is 12.4 Å². The van der Waals surface area contributed by atoms with Gasteiger partial charge in [0.05, 0.1) is 6.61 Å². The Morgan fingerprint density at radius 2 is 1.85 bits per heavy atom. The Morgan fingerprint density at radius 1 is 1.11 bits per heavy atom. The van der Waals surface area contributed by atoms with Crippen LogP contribution in [0.1, 0.15) is 39.0 Å². The quantitative estimate of drug-likeness (QED) is 0.759. The predicted molar refractivity (Wildman–Crippen MR) is 104 cm³/mol. The van der Waals surface area contributed by atoms with Crippen LogP contribution in [0.2, 0.25) is 0 Å². The molecule has 2 aliphatic heterocycles. The summed E-state index contributed by atoms with van der Waals surface area (Å²) in [5.41, 5.74) is 0. The van der Waals surface area contributed by atoms with Crippen molar-refractivity contribution in [1.82, 2.24) is 14.9 Å². The molecule has 7 heteroatoms. The molecule has 3 rings (SSSR count). The van der Waals surface area contributed by atoms with Gasteiger partial charge in [-0.2, -0.15) is 0 Å². The topological polar surface area (TPSA) is 67.8 Å². The predicted octanol–water partition coefficient (Wildman–Crippen LogP) is 2.37. The molecule has 27 heavy (non-hydrogen) atoms. The first-order valence-corrected chi connectivity index (χ1v) is 10.2. The minimum Gasteiger partial charge on any atom is -0.478 e. The second kappa shape index (κ2) is 9.88. The maximum Gasteiger partial charge on any atom is 0.248 e. The van der Waals surface area contributed by atoms with E-state index >= 15 is 0 Å². The van der Waals surface area contributed by atoms with Crippen LogP contribution in [0.3, 0.4) is 0 Å². The van der Waals surface area contributed by atoms with Gasteiger partial charge in [0.2, 0.25) is 11.8 Å². The van der Waals surface area contributed by atoms with Crippen molar-refractivity contribution in [2.24, 2.45) is 11.8 Å². The molecular formula is C20H32N4O3. The van der Waals surface area contributed by atoms with Crippen molar-refractivity contribution in [2.45, 2.75) is 39.0 Å². The lowest BCUT2D eigenvalue weighted by Crippen LogP contribution is -2.41. The van der Waals surface area contributed by atoms with Crippen LogP contribution < -0.4 is 9.64 Å². The monoisotopic (exact) mass is 376 g/mol. The van der Waals surface area contributed by atoms with E-state index in [9.17, 15) is 4.79 Å². The molecule has 2 fully saturated rings. The molecule has 3 heterocycles. The number of carbonyl (C=O) groups is 1. The first kappa shape index (κ1) is 19.9. The van der Waals surface area contributed by atoms with Crippen LogP contribution >= 0.6 is 0 Å². The minimum atomic E-state index is 0.122. The molecule has 1 amide bonds. The first-order chi connectivity index (χ1) is 13.2. The highest BCUT2D eigenvalue weighted by atomic mass is 16.5. The zero-order valence-electron chi connectivity index (χ0n) is 16.6. The fourth-order valence-corrected chi connectivity index (χ4v) is 4.39. The van der Waals surface area contributed by atoms with Crippen LogP contribution in [0, 0.1) is 11.8 Å². The van der Waals surface area contributed by atoms with Crippen molar-refractivity contribution < 1.29 is 14.3 Å². The van der Waals surface area contributed by atoms with Gasteiger partial charge in [-0.3, -0.25) is 4.79 Å². The van der Waals surface area contributed by atoms with Crippen molar-refractivity contribution in [3.05, 3.63) is 12.4 Å². The SMILES string of the molecule is CCOc1cc(N2CCCC(C3CCN(C(=O)COC)CC3)CC2)ncn1. The summed E-state index contributed by atoms with van der Waals surface area (Å²) in [4.78, 5) is 24.9. The van der Waals surface area contributed by atoms with Gasteiger partial charge in [-0.15, -0.1) is 0 Å². The van der Waals surface area contributed by atoms with E-state index in [4.69, 9.17) is 9.47 Å². The number of piperidine rings is 1. The Balaban J connectivity index is 1.52. The Kier molecular flexibility index (Phi) is 7.26. The number of nitrogens with zero attached hydrogens (tertiary/aromatic N) is 4. The highest BCUT2D eigenvalue weighted by molar-refractivity contribution is 5.77. The third-order valence-corrected chi connectivity index (χ3v) is 5.84. The van der Waals surface area contributed by atoms with E-state index in [2.05, 4.69) is 14.9 Å². The second-order valence-corrected chi connectivity index (χ2v) is 7.48. The average molecular weight is 377 g/mol. The lowest BCUT2D eigenvalue weighted by molar-refractivity contribution is -0.136. The average Bonchev–Trinajstić information content (AvgIpc) is 2.95. The summed E-state index contributed by atoms with van der Waals surface area (Å²) in [7, 11) is 1.58. The molecule has 150 valence electrons. The summed E-state index contributed by atoms with van der Waals surface area (Å²) in [6, 6.07) is 1.95. The summed E-state index contributed by atoms with van der Waals surface area (Å²) in [6.45, 7) is 6.58. The van der Waals surface area contributed by atoms with E-state index in [1.807, 2.05) is 17.9 Å². The number of rotatable bonds is 6. The van der Waals surface area contributed by atoms with Gasteiger partial charge >= 0.3 is 0 Å². The smallest absolute Gasteiger partial charge is 0.248 e. The standard InChI is InChI=1S/C20H32N4O3/c1-3-27-19-13-18(21-15-22-19)23-9-4-5-16(6-10-23)17-7-11-24(12-8-17)20(25)14-26-2/h13,15-17H,3-12,14H2,1-2H3. The fraction of sp³-hybridized carbons (Fsp3) is 0.750. The summed E-state index contributed by atoms with van der Waals surface area (Å²) < 4.78 is 10.5. The van der Waals surface area contributed by atoms with Gasteiger partial charge in [0.1, 0.15) is 18.8 Å². The van der Waals surface area contributed by atoms with E-state index in [1.54, 1.807) is 13.4 Å². The van der Waals surface area contributed by atoms with Crippen molar-refractivity contribution >= 4 is 11.7 Å². The van der Waals surface area contributed by atoms with Crippen LogP contribution in [0.4, 0.5) is 5.82 Å². The lowest BCUT2D eigenvalue weighted by Gasteiger charge is -2.36. The van der Waals surface area contributed by atoms with Gasteiger partial charge in [-0.1, -0.05) is 0 Å². The number of amides is 1. The molecule has 0 saturated carbocycles. The first-order valence-electron chi connectivity index (χ1n) is 10.2. The van der Waals surface area contributed by atoms with Gasteiger partial charge in [-0.25, -0.2) is 9.97 Å². The Bertz CT molecular complexity index is 605. The third-order valence-electron chi connectivity index (χ3n) is 5.84. The zero-order chi connectivity index (χ0) is 19.1. The van der Waals surface area contributed by atoms with Crippen LogP contribution in [-0.2, 0) is 9.53 Å². The normalized spacial score (nSPS) is 21.8. The van der Waals surface area contributed by atoms with Crippen molar-refractivity contribution in [2.75, 3.05) is 51.4 Å². The van der Waals surface area contributed by atoms with E-state index in [-0.39, 0.29) is 12.5 Å². The number of ether oxygens (including phenoxy) is 2. The molecule has 2 aliphatic rings. The largest absolute Gasteiger partial charge is 0.478 e. The van der Waals surface area contributed by atoms with Crippen molar-refractivity contribution in [1.29, 1.82) is 0 Å². The van der Waals surface area contributed by atoms with Crippen molar-refractivity contribution in [3.63, 3.8) is 0 Å². The number of carbonyl (C=O) groups excluding carboxylic acids is 1. The molecule has 1 aromatic heterocycles. The molecule has 0 aromatic carbocycles. The molecule has 0 bridgehead atoms. The van der Waals surface area contributed by atoms with E-state index in [0.29, 0.717) is 12.5 Å². The highest BCUT2D eigenvalue weighted by Crippen LogP contribution is 2.33. The summed E-state index contributed by atoms with van der Waals surface area (Å²) >= 11 is 0. The van der Waals surface area contributed by atoms with Crippen LogP contribution in [0.5, 0.6) is 5.88 Å². The summed E-state index contributed by atoms with van der Waals surface area (Å²) in [5.74, 6) is 3.20.